The van der Waals surface area contributed by atoms with Crippen LogP contribution >= 0.6 is 11.3 Å². The summed E-state index contributed by atoms with van der Waals surface area (Å²) >= 11 is 1.87. The Balaban J connectivity index is 1.33. The molecule has 3 aliphatic rings. The predicted molar refractivity (Wildman–Crippen MR) is 68.2 cm³/mol. The maximum atomic E-state index is 4.41. The van der Waals surface area contributed by atoms with Crippen molar-refractivity contribution in [1.82, 2.24) is 15.5 Å². The van der Waals surface area contributed by atoms with Crippen molar-refractivity contribution in [3.63, 3.8) is 0 Å². The number of aromatic nitrogens is 2. The number of hydrogen-bond donors (Lipinski definition) is 1. The minimum absolute atomic E-state index is 0.798. The van der Waals surface area contributed by atoms with Crippen molar-refractivity contribution in [2.45, 2.75) is 50.5 Å². The van der Waals surface area contributed by atoms with E-state index in [2.05, 4.69) is 15.5 Å². The number of fused-ring (bicyclic) bond motifs is 1. The first-order valence-corrected chi connectivity index (χ1v) is 7.79. The Labute approximate surface area is 106 Å². The Morgan fingerprint density at radius 1 is 1.12 bits per heavy atom. The third kappa shape index (κ3) is 2.02. The summed E-state index contributed by atoms with van der Waals surface area (Å²) in [5.74, 6) is 2.74. The zero-order chi connectivity index (χ0) is 11.2. The average Bonchev–Trinajstić information content (AvgIpc) is 3.17. The minimum atomic E-state index is 0.798. The highest BCUT2D eigenvalue weighted by Crippen LogP contribution is 2.63. The van der Waals surface area contributed by atoms with Gasteiger partial charge >= 0.3 is 0 Å². The minimum Gasteiger partial charge on any atom is -0.314 e. The molecular weight excluding hydrogens is 230 g/mol. The molecular formula is C13H19N3S. The Kier molecular flexibility index (Phi) is 2.47. The fourth-order valence-corrected chi connectivity index (χ4v) is 4.46. The van der Waals surface area contributed by atoms with Crippen LogP contribution in [0.5, 0.6) is 0 Å². The summed E-state index contributed by atoms with van der Waals surface area (Å²) in [6.45, 7) is 1.08. The van der Waals surface area contributed by atoms with Crippen LogP contribution in [0.15, 0.2) is 0 Å². The third-order valence-electron chi connectivity index (χ3n) is 4.52. The second kappa shape index (κ2) is 4.02. The average molecular weight is 249 g/mol. The number of rotatable bonds is 5. The first-order chi connectivity index (χ1) is 8.42. The molecule has 1 N–H and O–H groups in total. The molecule has 3 saturated carbocycles. The van der Waals surface area contributed by atoms with E-state index in [0.29, 0.717) is 0 Å². The number of hydrogen-bond acceptors (Lipinski definition) is 4. The summed E-state index contributed by atoms with van der Waals surface area (Å²) in [4.78, 5) is 0. The third-order valence-corrected chi connectivity index (χ3v) is 5.61. The lowest BCUT2D eigenvalue weighted by Crippen LogP contribution is -2.19. The van der Waals surface area contributed by atoms with E-state index in [9.17, 15) is 0 Å². The largest absolute Gasteiger partial charge is 0.314 e. The van der Waals surface area contributed by atoms with Crippen LogP contribution in [0.1, 0.15) is 48.0 Å². The first kappa shape index (κ1) is 10.4. The summed E-state index contributed by atoms with van der Waals surface area (Å²) < 4.78 is 0. The first-order valence-electron chi connectivity index (χ1n) is 6.97. The van der Waals surface area contributed by atoms with Gasteiger partial charge in [0.2, 0.25) is 0 Å². The van der Waals surface area contributed by atoms with E-state index in [1.807, 2.05) is 11.3 Å². The van der Waals surface area contributed by atoms with Gasteiger partial charge < -0.3 is 5.32 Å². The van der Waals surface area contributed by atoms with Crippen LogP contribution in [-0.4, -0.2) is 22.8 Å². The molecule has 0 saturated heterocycles. The van der Waals surface area contributed by atoms with Crippen molar-refractivity contribution in [2.24, 2.45) is 11.8 Å². The zero-order valence-electron chi connectivity index (χ0n) is 10.1. The van der Waals surface area contributed by atoms with Crippen LogP contribution in [0.2, 0.25) is 0 Å². The van der Waals surface area contributed by atoms with E-state index >= 15 is 0 Å². The molecule has 3 nitrogen and oxygen atoms in total. The SMILES string of the molecule is C1CC2C(C1)C2c1nnc(CCNC2CC2)s1. The molecule has 1 heterocycles. The van der Waals surface area contributed by atoms with Gasteiger partial charge in [-0.1, -0.05) is 6.42 Å². The molecule has 0 bridgehead atoms. The summed E-state index contributed by atoms with van der Waals surface area (Å²) in [6, 6.07) is 0.810. The van der Waals surface area contributed by atoms with Crippen LogP contribution in [-0.2, 0) is 6.42 Å². The molecule has 4 heteroatoms. The lowest BCUT2D eigenvalue weighted by molar-refractivity contribution is 0.669. The molecule has 17 heavy (non-hydrogen) atoms. The van der Waals surface area contributed by atoms with E-state index in [0.717, 1.165) is 36.8 Å². The van der Waals surface area contributed by atoms with Gasteiger partial charge in [-0.25, -0.2) is 0 Å². The summed E-state index contributed by atoms with van der Waals surface area (Å²) in [5.41, 5.74) is 0. The van der Waals surface area contributed by atoms with Gasteiger partial charge in [-0.2, -0.15) is 0 Å². The van der Waals surface area contributed by atoms with Gasteiger partial charge in [0.25, 0.3) is 0 Å². The van der Waals surface area contributed by atoms with Gasteiger partial charge in [0.05, 0.1) is 0 Å². The molecule has 1 aromatic heterocycles. The standard InChI is InChI=1S/C13H19N3S/c1-2-9-10(3-1)12(9)13-16-15-11(17-13)6-7-14-8-4-5-8/h8-10,12,14H,1-7H2. The van der Waals surface area contributed by atoms with E-state index in [1.54, 1.807) is 0 Å². The normalized spacial score (nSPS) is 34.9. The monoisotopic (exact) mass is 249 g/mol. The maximum absolute atomic E-state index is 4.41. The topological polar surface area (TPSA) is 37.8 Å². The second-order valence-corrected chi connectivity index (χ2v) is 6.89. The summed E-state index contributed by atoms with van der Waals surface area (Å²) in [7, 11) is 0. The smallest absolute Gasteiger partial charge is 0.121 e. The highest BCUT2D eigenvalue weighted by Gasteiger charge is 2.54. The van der Waals surface area contributed by atoms with E-state index in [4.69, 9.17) is 0 Å². The van der Waals surface area contributed by atoms with Crippen LogP contribution in [0, 0.1) is 11.8 Å². The predicted octanol–water partition coefficient (Wildman–Crippen LogP) is 2.35. The molecule has 3 aliphatic carbocycles. The number of nitrogens with zero attached hydrogens (tertiary/aromatic N) is 2. The van der Waals surface area contributed by atoms with Gasteiger partial charge in [0.15, 0.2) is 0 Å². The molecule has 2 atom stereocenters. The highest BCUT2D eigenvalue weighted by atomic mass is 32.1. The van der Waals surface area contributed by atoms with Gasteiger partial charge in [0, 0.05) is 24.9 Å². The quantitative estimate of drug-likeness (QED) is 0.870. The van der Waals surface area contributed by atoms with Gasteiger partial charge in [0.1, 0.15) is 10.0 Å². The molecule has 0 radical (unpaired) electrons. The summed E-state index contributed by atoms with van der Waals surface area (Å²) in [6.07, 6.45) is 8.12. The molecule has 4 rings (SSSR count). The summed E-state index contributed by atoms with van der Waals surface area (Å²) in [5, 5.41) is 14.9. The molecule has 0 amide bonds. The molecule has 0 spiro atoms. The lowest BCUT2D eigenvalue weighted by Gasteiger charge is -1.98. The second-order valence-electron chi connectivity index (χ2n) is 5.80. The van der Waals surface area contributed by atoms with Crippen molar-refractivity contribution in [3.8, 4) is 0 Å². The van der Waals surface area contributed by atoms with Crippen LogP contribution in [0.25, 0.3) is 0 Å². The Bertz CT molecular complexity index is 403. The molecule has 2 unspecified atom stereocenters. The zero-order valence-corrected chi connectivity index (χ0v) is 10.9. The van der Waals surface area contributed by atoms with Gasteiger partial charge in [-0.05, 0) is 37.5 Å². The maximum Gasteiger partial charge on any atom is 0.121 e. The van der Waals surface area contributed by atoms with Crippen molar-refractivity contribution < 1.29 is 0 Å². The molecule has 92 valence electrons. The molecule has 1 aromatic rings. The molecule has 0 aliphatic heterocycles. The Morgan fingerprint density at radius 3 is 2.71 bits per heavy atom. The number of nitrogens with one attached hydrogen (secondary N) is 1. The molecule has 3 fully saturated rings. The Morgan fingerprint density at radius 2 is 1.94 bits per heavy atom. The van der Waals surface area contributed by atoms with Crippen molar-refractivity contribution >= 4 is 11.3 Å². The van der Waals surface area contributed by atoms with Crippen LogP contribution in [0.4, 0.5) is 0 Å². The van der Waals surface area contributed by atoms with Crippen molar-refractivity contribution in [2.75, 3.05) is 6.54 Å². The lowest BCUT2D eigenvalue weighted by atomic mass is 10.2. The van der Waals surface area contributed by atoms with Crippen molar-refractivity contribution in [3.05, 3.63) is 10.0 Å². The fourth-order valence-electron chi connectivity index (χ4n) is 3.36. The van der Waals surface area contributed by atoms with Gasteiger partial charge in [-0.15, -0.1) is 21.5 Å². The van der Waals surface area contributed by atoms with E-state index < -0.39 is 0 Å². The van der Waals surface area contributed by atoms with Crippen LogP contribution < -0.4 is 5.32 Å². The fraction of sp³-hybridized carbons (Fsp3) is 0.846. The van der Waals surface area contributed by atoms with Gasteiger partial charge in [-0.3, -0.25) is 0 Å². The molecule has 0 aromatic carbocycles. The Hall–Kier alpha value is -0.480. The van der Waals surface area contributed by atoms with Crippen molar-refractivity contribution in [1.29, 1.82) is 0 Å². The van der Waals surface area contributed by atoms with E-state index in [-0.39, 0.29) is 0 Å². The van der Waals surface area contributed by atoms with Crippen LogP contribution in [0.3, 0.4) is 0 Å². The highest BCUT2D eigenvalue weighted by molar-refractivity contribution is 7.11. The van der Waals surface area contributed by atoms with E-state index in [1.165, 1.54) is 42.1 Å².